The molecule has 2 aromatic carbocycles. The van der Waals surface area contributed by atoms with Crippen LogP contribution in [0.3, 0.4) is 0 Å². The van der Waals surface area contributed by atoms with Gasteiger partial charge in [0.1, 0.15) is 0 Å². The zero-order valence-corrected chi connectivity index (χ0v) is 16.0. The predicted molar refractivity (Wildman–Crippen MR) is 110 cm³/mol. The van der Waals surface area contributed by atoms with Gasteiger partial charge in [0.2, 0.25) is 0 Å². The number of rotatable bonds is 4. The first-order valence-electron chi connectivity index (χ1n) is 9.21. The van der Waals surface area contributed by atoms with Crippen LogP contribution in [-0.4, -0.2) is 40.4 Å². The van der Waals surface area contributed by atoms with Crippen molar-refractivity contribution in [1.29, 1.82) is 0 Å². The molecule has 0 radical (unpaired) electrons. The zero-order chi connectivity index (χ0) is 21.7. The first-order chi connectivity index (χ1) is 14.3. The number of carbonyl (C=O) groups excluding carboxylic acids is 2. The van der Waals surface area contributed by atoms with Gasteiger partial charge >= 0.3 is 12.0 Å². The van der Waals surface area contributed by atoms with E-state index in [1.165, 1.54) is 17.0 Å². The van der Waals surface area contributed by atoms with Crippen molar-refractivity contribution in [3.05, 3.63) is 65.2 Å². The number of guanidine groups is 1. The van der Waals surface area contributed by atoms with Crippen LogP contribution in [0.15, 0.2) is 53.5 Å². The minimum absolute atomic E-state index is 0.143. The van der Waals surface area contributed by atoms with Crippen LogP contribution in [0.1, 0.15) is 33.9 Å². The molecule has 10 heteroatoms. The number of carboxylic acids is 1. The fourth-order valence-corrected chi connectivity index (χ4v) is 3.40. The number of hydrogen-bond donors (Lipinski definition) is 5. The minimum Gasteiger partial charge on any atom is -0.481 e. The minimum atomic E-state index is -1.02. The first-order valence-corrected chi connectivity index (χ1v) is 9.21. The van der Waals surface area contributed by atoms with Crippen molar-refractivity contribution in [2.45, 2.75) is 18.9 Å². The number of benzene rings is 2. The van der Waals surface area contributed by atoms with Gasteiger partial charge in [-0.2, -0.15) is 0 Å². The van der Waals surface area contributed by atoms with E-state index in [2.05, 4.69) is 15.8 Å². The molecule has 0 fully saturated rings. The molecule has 0 spiro atoms. The Kier molecular flexibility index (Phi) is 6.16. The monoisotopic (exact) mass is 410 g/mol. The predicted octanol–water partition coefficient (Wildman–Crippen LogP) is 1.02. The van der Waals surface area contributed by atoms with E-state index in [0.29, 0.717) is 18.7 Å². The van der Waals surface area contributed by atoms with Gasteiger partial charge in [-0.05, 0) is 35.7 Å². The van der Waals surface area contributed by atoms with Gasteiger partial charge in [0, 0.05) is 12.1 Å². The Balaban J connectivity index is 1.70. The van der Waals surface area contributed by atoms with Crippen molar-refractivity contribution in [1.82, 2.24) is 15.8 Å². The number of aliphatic carboxylic acids is 1. The van der Waals surface area contributed by atoms with Gasteiger partial charge in [-0.3, -0.25) is 15.0 Å². The summed E-state index contributed by atoms with van der Waals surface area (Å²) in [6.07, 6.45) is 0.354. The topological polar surface area (TPSA) is 163 Å². The van der Waals surface area contributed by atoms with E-state index in [0.717, 1.165) is 11.1 Å². The third kappa shape index (κ3) is 4.85. The van der Waals surface area contributed by atoms with Gasteiger partial charge in [-0.1, -0.05) is 30.3 Å². The van der Waals surface area contributed by atoms with E-state index in [4.69, 9.17) is 11.5 Å². The lowest BCUT2D eigenvalue weighted by atomic mass is 9.91. The second kappa shape index (κ2) is 8.95. The van der Waals surface area contributed by atoms with Gasteiger partial charge in [-0.25, -0.2) is 15.2 Å². The van der Waals surface area contributed by atoms with E-state index in [1.807, 2.05) is 18.2 Å². The summed E-state index contributed by atoms with van der Waals surface area (Å²) in [5, 5.41) is 9.29. The average Bonchev–Trinajstić information content (AvgIpc) is 2.71. The quantitative estimate of drug-likeness (QED) is 0.287. The zero-order valence-electron chi connectivity index (χ0n) is 16.0. The van der Waals surface area contributed by atoms with Crippen molar-refractivity contribution in [3.8, 4) is 0 Å². The molecule has 1 aliphatic rings. The smallest absolute Gasteiger partial charge is 0.336 e. The van der Waals surface area contributed by atoms with Crippen LogP contribution in [-0.2, 0) is 11.2 Å². The number of nitrogens with zero attached hydrogens (tertiary/aromatic N) is 2. The Morgan fingerprint density at radius 2 is 1.87 bits per heavy atom. The standard InChI is InChI=1S/C20H22N6O4/c21-19(22)23-14-6-3-5-13(10-14)18(29)24-25-20(30)26-9-8-12-4-1-2-7-15(12)16(26)11-17(27)28/h1-7,10,16H,8-9,11H2,(H,24,29)(H,25,30)(H,27,28)(H4,21,22,23). The normalized spacial score (nSPS) is 14.9. The summed E-state index contributed by atoms with van der Waals surface area (Å²) in [4.78, 5) is 41.7. The molecule has 2 aromatic rings. The molecule has 0 saturated heterocycles. The van der Waals surface area contributed by atoms with Crippen molar-refractivity contribution >= 4 is 29.6 Å². The van der Waals surface area contributed by atoms with Gasteiger partial charge in [0.05, 0.1) is 18.2 Å². The number of hydrogen-bond acceptors (Lipinski definition) is 4. The highest BCUT2D eigenvalue weighted by atomic mass is 16.4. The maximum Gasteiger partial charge on any atom is 0.336 e. The van der Waals surface area contributed by atoms with Crippen LogP contribution in [0.25, 0.3) is 0 Å². The van der Waals surface area contributed by atoms with Crippen LogP contribution in [0.5, 0.6) is 0 Å². The fraction of sp³-hybridized carbons (Fsp3) is 0.200. The molecule has 30 heavy (non-hydrogen) atoms. The lowest BCUT2D eigenvalue weighted by Gasteiger charge is -2.36. The van der Waals surface area contributed by atoms with Crippen LogP contribution in [0, 0.1) is 0 Å². The molecule has 3 amide bonds. The van der Waals surface area contributed by atoms with Gasteiger partial charge in [0.25, 0.3) is 5.91 Å². The number of nitrogens with one attached hydrogen (secondary N) is 2. The van der Waals surface area contributed by atoms with Crippen LogP contribution in [0.2, 0.25) is 0 Å². The Labute approximate surface area is 172 Å². The second-order valence-electron chi connectivity index (χ2n) is 6.73. The van der Waals surface area contributed by atoms with Crippen LogP contribution >= 0.6 is 0 Å². The molecule has 0 aromatic heterocycles. The lowest BCUT2D eigenvalue weighted by Crippen LogP contribution is -2.52. The Morgan fingerprint density at radius 3 is 2.60 bits per heavy atom. The third-order valence-corrected chi connectivity index (χ3v) is 4.69. The Morgan fingerprint density at radius 1 is 1.10 bits per heavy atom. The summed E-state index contributed by atoms with van der Waals surface area (Å²) in [5.74, 6) is -1.73. The van der Waals surface area contributed by atoms with Gasteiger partial charge < -0.3 is 21.5 Å². The molecular formula is C20H22N6O4. The molecule has 1 atom stereocenters. The molecule has 0 aliphatic carbocycles. The number of nitrogens with two attached hydrogens (primary N) is 2. The number of carbonyl (C=O) groups is 3. The molecule has 1 aliphatic heterocycles. The lowest BCUT2D eigenvalue weighted by molar-refractivity contribution is -0.138. The van der Waals surface area contributed by atoms with Crippen molar-refractivity contribution in [2.24, 2.45) is 16.5 Å². The van der Waals surface area contributed by atoms with E-state index in [9.17, 15) is 19.5 Å². The molecule has 3 rings (SSSR count). The molecule has 1 unspecified atom stereocenters. The Hall–Kier alpha value is -4.08. The summed E-state index contributed by atoms with van der Waals surface area (Å²) in [5.41, 5.74) is 17.8. The largest absolute Gasteiger partial charge is 0.481 e. The molecular weight excluding hydrogens is 388 g/mol. The van der Waals surface area contributed by atoms with Crippen molar-refractivity contribution in [3.63, 3.8) is 0 Å². The SMILES string of the molecule is NC(N)=Nc1cccc(C(=O)NNC(=O)N2CCc3ccccc3C2CC(=O)O)c1. The van der Waals surface area contributed by atoms with E-state index in [-0.39, 0.29) is 17.9 Å². The second-order valence-corrected chi connectivity index (χ2v) is 6.73. The van der Waals surface area contributed by atoms with Crippen LogP contribution in [0.4, 0.5) is 10.5 Å². The van der Waals surface area contributed by atoms with Crippen molar-refractivity contribution in [2.75, 3.05) is 6.54 Å². The first kappa shape index (κ1) is 20.6. The summed E-state index contributed by atoms with van der Waals surface area (Å²) in [7, 11) is 0. The molecule has 0 saturated carbocycles. The van der Waals surface area contributed by atoms with E-state index >= 15 is 0 Å². The Bertz CT molecular complexity index is 1000. The molecule has 0 bridgehead atoms. The van der Waals surface area contributed by atoms with Crippen molar-refractivity contribution < 1.29 is 19.5 Å². The number of hydrazine groups is 1. The summed E-state index contributed by atoms with van der Waals surface area (Å²) < 4.78 is 0. The van der Waals surface area contributed by atoms with E-state index in [1.54, 1.807) is 18.2 Å². The highest BCUT2D eigenvalue weighted by Crippen LogP contribution is 2.32. The molecule has 156 valence electrons. The third-order valence-electron chi connectivity index (χ3n) is 4.69. The number of amides is 3. The van der Waals surface area contributed by atoms with E-state index < -0.39 is 23.9 Å². The highest BCUT2D eigenvalue weighted by Gasteiger charge is 2.32. The summed E-state index contributed by atoms with van der Waals surface area (Å²) in [6.45, 7) is 0.330. The maximum absolute atomic E-state index is 12.7. The molecule has 7 N–H and O–H groups in total. The molecule has 10 nitrogen and oxygen atoms in total. The maximum atomic E-state index is 12.7. The van der Waals surface area contributed by atoms with Gasteiger partial charge in [0.15, 0.2) is 5.96 Å². The average molecular weight is 410 g/mol. The molecule has 1 heterocycles. The summed E-state index contributed by atoms with van der Waals surface area (Å²) in [6, 6.07) is 12.4. The number of carboxylic acid groups (broad SMARTS) is 1. The fourth-order valence-electron chi connectivity index (χ4n) is 3.40. The van der Waals surface area contributed by atoms with Crippen LogP contribution < -0.4 is 22.3 Å². The number of fused-ring (bicyclic) bond motifs is 1. The highest BCUT2D eigenvalue weighted by molar-refractivity contribution is 5.96. The van der Waals surface area contributed by atoms with Gasteiger partial charge in [-0.15, -0.1) is 0 Å². The summed E-state index contributed by atoms with van der Waals surface area (Å²) >= 11 is 0. The number of urea groups is 1. The number of aliphatic imine (C=N–C) groups is 1.